The third-order valence-electron chi connectivity index (χ3n) is 5.24. The Morgan fingerprint density at radius 2 is 1.66 bits per heavy atom. The van der Waals surface area contributed by atoms with E-state index in [0.29, 0.717) is 22.2 Å². The van der Waals surface area contributed by atoms with Crippen molar-refractivity contribution in [2.24, 2.45) is 0 Å². The van der Waals surface area contributed by atoms with E-state index in [1.54, 1.807) is 31.2 Å². The van der Waals surface area contributed by atoms with Gasteiger partial charge in [-0.15, -0.1) is 0 Å². The van der Waals surface area contributed by atoms with Gasteiger partial charge in [-0.25, -0.2) is 8.42 Å². The van der Waals surface area contributed by atoms with Crippen molar-refractivity contribution in [3.8, 4) is 0 Å². The SMILES string of the molecule is Cc1ccc(S(=O)(=O)N(CC(=O)NCCCc2ccc(Cl)cc2)c2cccc(C(F)(F)F)c2)cc1. The summed E-state index contributed by atoms with van der Waals surface area (Å²) in [5, 5.41) is 3.27. The number of sulfonamides is 1. The summed E-state index contributed by atoms with van der Waals surface area (Å²) in [5.74, 6) is -0.630. The molecule has 186 valence electrons. The largest absolute Gasteiger partial charge is 0.416 e. The molecule has 0 aromatic heterocycles. The fraction of sp³-hybridized carbons (Fsp3) is 0.240. The number of alkyl halides is 3. The van der Waals surface area contributed by atoms with Gasteiger partial charge in [0.05, 0.1) is 16.1 Å². The van der Waals surface area contributed by atoms with E-state index >= 15 is 0 Å². The number of benzene rings is 3. The molecule has 0 aliphatic rings. The number of rotatable bonds is 9. The highest BCUT2D eigenvalue weighted by Crippen LogP contribution is 2.33. The molecule has 3 aromatic rings. The Kier molecular flexibility index (Phi) is 8.45. The molecule has 3 aromatic carbocycles. The molecular formula is C25H24ClF3N2O3S. The van der Waals surface area contributed by atoms with Crippen LogP contribution in [0, 0.1) is 6.92 Å². The highest BCUT2D eigenvalue weighted by Gasteiger charge is 2.33. The third-order valence-corrected chi connectivity index (χ3v) is 7.28. The standard InChI is InChI=1S/C25H24ClF3N2O3S/c1-18-7-13-23(14-8-18)35(33,34)31(22-6-2-5-20(16-22)25(27,28)29)17-24(32)30-15-3-4-19-9-11-21(26)12-10-19/h2,5-14,16H,3-4,15,17H2,1H3,(H,30,32). The first-order valence-electron chi connectivity index (χ1n) is 10.7. The number of nitrogens with one attached hydrogen (secondary N) is 1. The molecule has 0 saturated heterocycles. The normalized spacial score (nSPS) is 11.8. The first-order chi connectivity index (χ1) is 16.5. The van der Waals surface area contributed by atoms with Gasteiger partial charge < -0.3 is 5.32 Å². The van der Waals surface area contributed by atoms with Crippen molar-refractivity contribution in [2.45, 2.75) is 30.8 Å². The summed E-state index contributed by atoms with van der Waals surface area (Å²) in [6.45, 7) is 1.37. The van der Waals surface area contributed by atoms with Crippen LogP contribution in [0.2, 0.25) is 5.02 Å². The highest BCUT2D eigenvalue weighted by atomic mass is 35.5. The van der Waals surface area contributed by atoms with Crippen LogP contribution in [-0.4, -0.2) is 27.4 Å². The molecule has 0 atom stereocenters. The highest BCUT2D eigenvalue weighted by molar-refractivity contribution is 7.92. The van der Waals surface area contributed by atoms with Crippen LogP contribution in [0.4, 0.5) is 18.9 Å². The molecule has 1 N–H and O–H groups in total. The Morgan fingerprint density at radius 3 is 2.29 bits per heavy atom. The maximum absolute atomic E-state index is 13.3. The summed E-state index contributed by atoms with van der Waals surface area (Å²) in [4.78, 5) is 12.5. The summed E-state index contributed by atoms with van der Waals surface area (Å²) in [5.41, 5.74) is 0.573. The fourth-order valence-electron chi connectivity index (χ4n) is 3.35. The second kappa shape index (κ2) is 11.1. The number of hydrogen-bond acceptors (Lipinski definition) is 3. The number of hydrogen-bond donors (Lipinski definition) is 1. The van der Waals surface area contributed by atoms with Gasteiger partial charge in [-0.3, -0.25) is 9.10 Å². The second-order valence-corrected chi connectivity index (χ2v) is 10.3. The van der Waals surface area contributed by atoms with Crippen LogP contribution in [0.25, 0.3) is 0 Å². The van der Waals surface area contributed by atoms with Crippen molar-refractivity contribution in [3.63, 3.8) is 0 Å². The van der Waals surface area contributed by atoms with Gasteiger partial charge in [-0.1, -0.05) is 47.5 Å². The molecule has 10 heteroatoms. The molecule has 0 spiro atoms. The van der Waals surface area contributed by atoms with Gasteiger partial charge in [0.25, 0.3) is 10.0 Å². The van der Waals surface area contributed by atoms with Crippen LogP contribution in [0.1, 0.15) is 23.1 Å². The van der Waals surface area contributed by atoms with E-state index in [1.807, 2.05) is 12.1 Å². The molecule has 3 rings (SSSR count). The fourth-order valence-corrected chi connectivity index (χ4v) is 4.89. The zero-order valence-corrected chi connectivity index (χ0v) is 20.4. The van der Waals surface area contributed by atoms with Crippen LogP contribution in [0.15, 0.2) is 77.7 Å². The first-order valence-corrected chi connectivity index (χ1v) is 12.6. The third kappa shape index (κ3) is 7.22. The molecule has 0 radical (unpaired) electrons. The Hall–Kier alpha value is -3.04. The predicted octanol–water partition coefficient (Wildman–Crippen LogP) is 5.61. The van der Waals surface area contributed by atoms with E-state index in [9.17, 15) is 26.4 Å². The van der Waals surface area contributed by atoms with Crippen molar-refractivity contribution in [1.82, 2.24) is 5.32 Å². The first kappa shape index (κ1) is 26.6. The topological polar surface area (TPSA) is 66.5 Å². The van der Waals surface area contributed by atoms with Crippen molar-refractivity contribution >= 4 is 33.2 Å². The molecule has 5 nitrogen and oxygen atoms in total. The predicted molar refractivity (Wildman–Crippen MR) is 130 cm³/mol. The maximum Gasteiger partial charge on any atom is 0.416 e. The van der Waals surface area contributed by atoms with Crippen molar-refractivity contribution in [3.05, 3.63) is 94.5 Å². The maximum atomic E-state index is 13.3. The molecule has 0 heterocycles. The van der Waals surface area contributed by atoms with Gasteiger partial charge in [0, 0.05) is 11.6 Å². The Balaban J connectivity index is 1.78. The lowest BCUT2D eigenvalue weighted by Crippen LogP contribution is -2.41. The Morgan fingerprint density at radius 1 is 1.00 bits per heavy atom. The average molecular weight is 525 g/mol. The van der Waals surface area contributed by atoms with Gasteiger partial charge in [0.2, 0.25) is 5.91 Å². The minimum Gasteiger partial charge on any atom is -0.355 e. The minimum atomic E-state index is -4.67. The van der Waals surface area contributed by atoms with E-state index in [1.165, 1.54) is 18.2 Å². The van der Waals surface area contributed by atoms with Crippen LogP contribution >= 0.6 is 11.6 Å². The second-order valence-electron chi connectivity index (χ2n) is 7.95. The summed E-state index contributed by atoms with van der Waals surface area (Å²) in [6.07, 6.45) is -3.42. The minimum absolute atomic E-state index is 0.129. The molecule has 0 bridgehead atoms. The van der Waals surface area contributed by atoms with Gasteiger partial charge in [-0.05, 0) is 67.8 Å². The van der Waals surface area contributed by atoms with Gasteiger partial charge in [0.1, 0.15) is 6.54 Å². The molecule has 0 aliphatic heterocycles. The van der Waals surface area contributed by atoms with E-state index in [4.69, 9.17) is 11.6 Å². The van der Waals surface area contributed by atoms with Crippen molar-refractivity contribution in [1.29, 1.82) is 0 Å². The lowest BCUT2D eigenvalue weighted by atomic mass is 10.1. The number of anilines is 1. The molecule has 0 unspecified atom stereocenters. The van der Waals surface area contributed by atoms with Gasteiger partial charge in [0.15, 0.2) is 0 Å². The van der Waals surface area contributed by atoms with Crippen molar-refractivity contribution in [2.75, 3.05) is 17.4 Å². The lowest BCUT2D eigenvalue weighted by Gasteiger charge is -2.25. The summed E-state index contributed by atoms with van der Waals surface area (Å²) < 4.78 is 67.2. The molecule has 0 aliphatic carbocycles. The molecule has 0 saturated carbocycles. The molecule has 1 amide bonds. The van der Waals surface area contributed by atoms with Crippen LogP contribution in [0.5, 0.6) is 0 Å². The molecule has 0 fully saturated rings. The number of carbonyl (C=O) groups is 1. The number of carbonyl (C=O) groups excluding carboxylic acids is 1. The quantitative estimate of drug-likeness (QED) is 0.370. The zero-order chi connectivity index (χ0) is 25.6. The Bertz CT molecular complexity index is 1260. The zero-order valence-electron chi connectivity index (χ0n) is 18.8. The molecule has 35 heavy (non-hydrogen) atoms. The van der Waals surface area contributed by atoms with Gasteiger partial charge in [-0.2, -0.15) is 13.2 Å². The Labute approximate surface area is 207 Å². The average Bonchev–Trinajstić information content (AvgIpc) is 2.81. The summed E-state index contributed by atoms with van der Waals surface area (Å²) >= 11 is 5.86. The van der Waals surface area contributed by atoms with E-state index in [2.05, 4.69) is 5.32 Å². The molecular weight excluding hydrogens is 501 g/mol. The van der Waals surface area contributed by atoms with E-state index in [-0.39, 0.29) is 17.1 Å². The number of aryl methyl sites for hydroxylation is 2. The summed E-state index contributed by atoms with van der Waals surface area (Å²) in [6, 6.07) is 17.0. The number of halogens is 4. The monoisotopic (exact) mass is 524 g/mol. The lowest BCUT2D eigenvalue weighted by molar-refractivity contribution is -0.137. The van der Waals surface area contributed by atoms with Gasteiger partial charge >= 0.3 is 6.18 Å². The van der Waals surface area contributed by atoms with E-state index < -0.39 is 34.2 Å². The summed E-state index contributed by atoms with van der Waals surface area (Å²) in [7, 11) is -4.31. The van der Waals surface area contributed by atoms with Crippen LogP contribution < -0.4 is 9.62 Å². The number of nitrogens with zero attached hydrogens (tertiary/aromatic N) is 1. The smallest absolute Gasteiger partial charge is 0.355 e. The number of amides is 1. The van der Waals surface area contributed by atoms with Crippen LogP contribution in [0.3, 0.4) is 0 Å². The van der Waals surface area contributed by atoms with Crippen molar-refractivity contribution < 1.29 is 26.4 Å². The van der Waals surface area contributed by atoms with Crippen LogP contribution in [-0.2, 0) is 27.4 Å². The van der Waals surface area contributed by atoms with E-state index in [0.717, 1.165) is 29.3 Å².